The Morgan fingerprint density at radius 1 is 0.300 bits per heavy atom. The quantitative estimate of drug-likeness (QED) is 0.181. The summed E-state index contributed by atoms with van der Waals surface area (Å²) in [5.41, 5.74) is 10.2. The van der Waals surface area contributed by atoms with Gasteiger partial charge in [0.15, 0.2) is 0 Å². The molecule has 11 rings (SSSR count). The average molecular weight is 669 g/mol. The fraction of sp³-hybridized carbons (Fsp3) is 0. The lowest BCUT2D eigenvalue weighted by Crippen LogP contribution is -1.94. The lowest BCUT2D eigenvalue weighted by molar-refractivity contribution is 1.40. The molecule has 1 aliphatic heterocycles. The summed E-state index contributed by atoms with van der Waals surface area (Å²) in [6.07, 6.45) is 0. The van der Waals surface area contributed by atoms with Crippen molar-refractivity contribution in [3.05, 3.63) is 170 Å². The standard InChI is InChI=1S/C48H28S2/c1-2-9-33-25-34(20-17-29(33)7-1)36-21-23-39-42-28-46-47(41-13-6-14-43(48(41)42)49-44(39)27-36)40-24-22-35(26-45(40)50-46)30-15-18-32(19-16-30)38-12-5-10-31-8-3-4-11-37(31)38/h1-28H. The van der Waals surface area contributed by atoms with Gasteiger partial charge in [0.25, 0.3) is 0 Å². The van der Waals surface area contributed by atoms with Crippen LogP contribution in [0.3, 0.4) is 0 Å². The minimum atomic E-state index is 1.24. The first-order chi connectivity index (χ1) is 24.7. The van der Waals surface area contributed by atoms with E-state index in [0.717, 1.165) is 0 Å². The maximum Gasteiger partial charge on any atom is 0.0368 e. The van der Waals surface area contributed by atoms with E-state index in [1.54, 1.807) is 0 Å². The predicted octanol–water partition coefficient (Wildman–Crippen LogP) is 14.6. The minimum Gasteiger partial charge on any atom is -0.135 e. The molecule has 1 aliphatic rings. The molecule has 0 bridgehead atoms. The highest BCUT2D eigenvalue weighted by Crippen LogP contribution is 2.52. The Morgan fingerprint density at radius 3 is 1.90 bits per heavy atom. The number of benzene rings is 9. The Labute approximate surface area is 298 Å². The molecule has 0 nitrogen and oxygen atoms in total. The summed E-state index contributed by atoms with van der Waals surface area (Å²) in [4.78, 5) is 2.66. The van der Waals surface area contributed by atoms with E-state index in [9.17, 15) is 0 Å². The monoisotopic (exact) mass is 668 g/mol. The van der Waals surface area contributed by atoms with Crippen LogP contribution in [0.15, 0.2) is 180 Å². The molecule has 1 aromatic heterocycles. The molecular formula is C48H28S2. The zero-order chi connectivity index (χ0) is 32.8. The predicted molar refractivity (Wildman–Crippen MR) is 218 cm³/mol. The summed E-state index contributed by atoms with van der Waals surface area (Å²) >= 11 is 3.82. The molecule has 0 aliphatic carbocycles. The van der Waals surface area contributed by atoms with Gasteiger partial charge in [0, 0.05) is 35.3 Å². The van der Waals surface area contributed by atoms with Gasteiger partial charge in [-0.2, -0.15) is 0 Å². The van der Waals surface area contributed by atoms with Crippen LogP contribution in [0, 0.1) is 0 Å². The van der Waals surface area contributed by atoms with Gasteiger partial charge in [-0.25, -0.2) is 0 Å². The molecule has 0 fully saturated rings. The van der Waals surface area contributed by atoms with Crippen LogP contribution in [0.25, 0.3) is 97.0 Å². The van der Waals surface area contributed by atoms with Crippen LogP contribution < -0.4 is 0 Å². The molecule has 2 heteroatoms. The number of rotatable bonds is 3. The van der Waals surface area contributed by atoms with E-state index in [-0.39, 0.29) is 0 Å². The summed E-state index contributed by atoms with van der Waals surface area (Å²) in [6, 6.07) is 63.1. The second kappa shape index (κ2) is 10.9. The van der Waals surface area contributed by atoms with E-state index >= 15 is 0 Å². The second-order valence-corrected chi connectivity index (χ2v) is 15.4. The van der Waals surface area contributed by atoms with Crippen LogP contribution in [-0.2, 0) is 0 Å². The summed E-state index contributed by atoms with van der Waals surface area (Å²) in [5.74, 6) is 0. The maximum atomic E-state index is 2.46. The van der Waals surface area contributed by atoms with Crippen molar-refractivity contribution in [1.29, 1.82) is 0 Å². The molecule has 2 heterocycles. The smallest absolute Gasteiger partial charge is 0.0368 e. The molecule has 0 atom stereocenters. The Hall–Kier alpha value is -5.67. The second-order valence-electron chi connectivity index (χ2n) is 13.3. The highest BCUT2D eigenvalue weighted by molar-refractivity contribution is 7.99. The van der Waals surface area contributed by atoms with Crippen LogP contribution >= 0.6 is 23.1 Å². The van der Waals surface area contributed by atoms with Crippen molar-refractivity contribution in [1.82, 2.24) is 0 Å². The van der Waals surface area contributed by atoms with Crippen molar-refractivity contribution < 1.29 is 0 Å². The molecule has 0 amide bonds. The first kappa shape index (κ1) is 28.2. The summed E-state index contributed by atoms with van der Waals surface area (Å²) < 4.78 is 2.68. The molecule has 0 unspecified atom stereocenters. The van der Waals surface area contributed by atoms with Gasteiger partial charge in [-0.05, 0) is 102 Å². The van der Waals surface area contributed by atoms with Crippen molar-refractivity contribution in [3.63, 3.8) is 0 Å². The van der Waals surface area contributed by atoms with Crippen LogP contribution in [0.5, 0.6) is 0 Å². The Bertz CT molecular complexity index is 3000. The van der Waals surface area contributed by atoms with Gasteiger partial charge in [0.2, 0.25) is 0 Å². The number of thiophene rings is 1. The highest BCUT2D eigenvalue weighted by Gasteiger charge is 2.23. The molecule has 10 aromatic rings. The fourth-order valence-corrected chi connectivity index (χ4v) is 10.4. The number of hydrogen-bond acceptors (Lipinski definition) is 2. The Morgan fingerprint density at radius 2 is 0.980 bits per heavy atom. The van der Waals surface area contributed by atoms with E-state index in [2.05, 4.69) is 170 Å². The third kappa shape index (κ3) is 4.32. The fourth-order valence-electron chi connectivity index (χ4n) is 8.01. The van der Waals surface area contributed by atoms with Gasteiger partial charge < -0.3 is 0 Å². The van der Waals surface area contributed by atoms with Crippen molar-refractivity contribution in [2.75, 3.05) is 0 Å². The lowest BCUT2D eigenvalue weighted by Gasteiger charge is -2.22. The van der Waals surface area contributed by atoms with Crippen molar-refractivity contribution in [3.8, 4) is 44.5 Å². The van der Waals surface area contributed by atoms with Crippen molar-refractivity contribution >= 4 is 75.6 Å². The molecule has 0 N–H and O–H groups in total. The van der Waals surface area contributed by atoms with Crippen molar-refractivity contribution in [2.45, 2.75) is 9.79 Å². The van der Waals surface area contributed by atoms with Gasteiger partial charge in [-0.3, -0.25) is 0 Å². The SMILES string of the molecule is c1ccc2cc(-c3ccc4c(c3)Sc3cccc5c3c-4cc3sc4cc(-c6ccc(-c7cccc8ccccc78)cc6)ccc4c35)ccc2c1. The average Bonchev–Trinajstić information content (AvgIpc) is 3.55. The van der Waals surface area contributed by atoms with Gasteiger partial charge in [-0.1, -0.05) is 151 Å². The number of hydrogen-bond donors (Lipinski definition) is 0. The van der Waals surface area contributed by atoms with Crippen molar-refractivity contribution in [2.24, 2.45) is 0 Å². The summed E-state index contributed by atoms with van der Waals surface area (Å²) in [6.45, 7) is 0. The Kier molecular flexibility index (Phi) is 6.16. The normalized spacial score (nSPS) is 12.3. The largest absolute Gasteiger partial charge is 0.135 e. The zero-order valence-electron chi connectivity index (χ0n) is 27.0. The van der Waals surface area contributed by atoms with Crippen LogP contribution in [0.1, 0.15) is 0 Å². The first-order valence-electron chi connectivity index (χ1n) is 17.1. The van der Waals surface area contributed by atoms with E-state index in [1.165, 1.54) is 107 Å². The molecule has 0 saturated carbocycles. The van der Waals surface area contributed by atoms with Gasteiger partial charge >= 0.3 is 0 Å². The summed E-state index contributed by atoms with van der Waals surface area (Å²) in [7, 11) is 0. The molecule has 0 spiro atoms. The van der Waals surface area contributed by atoms with Gasteiger partial charge in [-0.15, -0.1) is 11.3 Å². The Balaban J connectivity index is 1.01. The van der Waals surface area contributed by atoms with Crippen LogP contribution in [0.4, 0.5) is 0 Å². The lowest BCUT2D eigenvalue weighted by atomic mass is 9.92. The third-order valence-corrected chi connectivity index (χ3v) is 12.7. The van der Waals surface area contributed by atoms with E-state index in [1.807, 2.05) is 23.1 Å². The molecule has 9 aromatic carbocycles. The van der Waals surface area contributed by atoms with Crippen LogP contribution in [-0.4, -0.2) is 0 Å². The van der Waals surface area contributed by atoms with Gasteiger partial charge in [0.05, 0.1) is 0 Å². The maximum absolute atomic E-state index is 2.46. The van der Waals surface area contributed by atoms with E-state index in [0.29, 0.717) is 0 Å². The summed E-state index contributed by atoms with van der Waals surface area (Å²) in [5, 5.41) is 10.6. The molecule has 0 radical (unpaired) electrons. The molecule has 50 heavy (non-hydrogen) atoms. The van der Waals surface area contributed by atoms with Gasteiger partial charge in [0.1, 0.15) is 0 Å². The highest BCUT2D eigenvalue weighted by atomic mass is 32.2. The van der Waals surface area contributed by atoms with Crippen LogP contribution in [0.2, 0.25) is 0 Å². The molecule has 0 saturated heterocycles. The number of fused-ring (bicyclic) bond motifs is 8. The van der Waals surface area contributed by atoms with E-state index in [4.69, 9.17) is 0 Å². The third-order valence-electron chi connectivity index (χ3n) is 10.5. The molecular weight excluding hydrogens is 641 g/mol. The minimum absolute atomic E-state index is 1.24. The topological polar surface area (TPSA) is 0 Å². The first-order valence-corrected chi connectivity index (χ1v) is 18.7. The molecule has 232 valence electrons. The zero-order valence-corrected chi connectivity index (χ0v) is 28.6. The van der Waals surface area contributed by atoms with E-state index < -0.39 is 0 Å².